The van der Waals surface area contributed by atoms with Crippen LogP contribution in [0.2, 0.25) is 5.02 Å². The highest BCUT2D eigenvalue weighted by Crippen LogP contribution is 2.38. The van der Waals surface area contributed by atoms with Crippen molar-refractivity contribution in [1.29, 1.82) is 0 Å². The molecule has 1 aromatic heterocycles. The Hall–Kier alpha value is -2.65. The fourth-order valence-corrected chi connectivity index (χ4v) is 4.01. The number of rotatable bonds is 5. The molecule has 8 nitrogen and oxygen atoms in total. The van der Waals surface area contributed by atoms with E-state index >= 15 is 0 Å². The molecule has 0 aliphatic carbocycles. The number of amides is 2. The molecule has 2 amide bonds. The van der Waals surface area contributed by atoms with Gasteiger partial charge in [-0.1, -0.05) is 32.4 Å². The first kappa shape index (κ1) is 24.0. The van der Waals surface area contributed by atoms with Crippen molar-refractivity contribution in [2.75, 3.05) is 31.6 Å². The van der Waals surface area contributed by atoms with Gasteiger partial charge in [0.1, 0.15) is 17.6 Å². The van der Waals surface area contributed by atoms with Crippen molar-refractivity contribution >= 4 is 29.2 Å². The lowest BCUT2D eigenvalue weighted by Crippen LogP contribution is -2.55. The highest BCUT2D eigenvalue weighted by atomic mass is 35.5. The quantitative estimate of drug-likeness (QED) is 0.630. The molecule has 0 spiro atoms. The number of benzene rings is 1. The van der Waals surface area contributed by atoms with Gasteiger partial charge in [0, 0.05) is 30.7 Å². The number of hydrogen-bond acceptors (Lipinski definition) is 5. The van der Waals surface area contributed by atoms with Crippen molar-refractivity contribution in [2.45, 2.75) is 39.7 Å². The van der Waals surface area contributed by atoms with Gasteiger partial charge < -0.3 is 20.6 Å². The minimum Gasteiger partial charge on any atom is -0.395 e. The Morgan fingerprint density at radius 1 is 1.34 bits per heavy atom. The number of aliphatic hydroxyl groups is 1. The van der Waals surface area contributed by atoms with Crippen LogP contribution in [-0.2, 0) is 11.2 Å². The lowest BCUT2D eigenvalue weighted by Gasteiger charge is -2.30. The van der Waals surface area contributed by atoms with Crippen LogP contribution < -0.4 is 15.5 Å². The van der Waals surface area contributed by atoms with E-state index in [1.165, 1.54) is 22.9 Å². The average Bonchev–Trinajstić information content (AvgIpc) is 3.12. The maximum absolute atomic E-state index is 14.7. The first-order chi connectivity index (χ1) is 15.0. The van der Waals surface area contributed by atoms with Gasteiger partial charge in [0.15, 0.2) is 0 Å². The van der Waals surface area contributed by atoms with Crippen LogP contribution in [0.5, 0.6) is 0 Å². The van der Waals surface area contributed by atoms with Crippen molar-refractivity contribution in [3.63, 3.8) is 0 Å². The van der Waals surface area contributed by atoms with E-state index in [1.54, 1.807) is 0 Å². The van der Waals surface area contributed by atoms with Crippen LogP contribution in [0.15, 0.2) is 18.2 Å². The summed E-state index contributed by atoms with van der Waals surface area (Å²) in [7, 11) is 1.87. The topological polar surface area (TPSA) is 99.5 Å². The summed E-state index contributed by atoms with van der Waals surface area (Å²) in [6.07, 6.45) is 1.39. The number of halogens is 2. The first-order valence-corrected chi connectivity index (χ1v) is 10.9. The van der Waals surface area contributed by atoms with Gasteiger partial charge in [-0.15, -0.1) is 0 Å². The largest absolute Gasteiger partial charge is 0.395 e. The Kier molecular flexibility index (Phi) is 7.09. The number of fused-ring (bicyclic) bond motifs is 1. The van der Waals surface area contributed by atoms with E-state index in [-0.39, 0.29) is 18.7 Å². The first-order valence-electron chi connectivity index (χ1n) is 10.5. The normalized spacial score (nSPS) is 14.7. The van der Waals surface area contributed by atoms with Crippen molar-refractivity contribution in [3.05, 3.63) is 34.7 Å². The van der Waals surface area contributed by atoms with Gasteiger partial charge in [-0.05, 0) is 36.5 Å². The molecule has 3 N–H and O–H groups in total. The predicted octanol–water partition coefficient (Wildman–Crippen LogP) is 2.81. The van der Waals surface area contributed by atoms with E-state index in [9.17, 15) is 14.0 Å². The van der Waals surface area contributed by atoms with Crippen LogP contribution >= 0.6 is 11.6 Å². The second-order valence-electron chi connectivity index (χ2n) is 8.97. The molecule has 10 heteroatoms. The molecule has 0 bridgehead atoms. The summed E-state index contributed by atoms with van der Waals surface area (Å²) in [6.45, 7) is 6.11. The van der Waals surface area contributed by atoms with Crippen LogP contribution in [0.4, 0.5) is 14.9 Å². The van der Waals surface area contributed by atoms with Crippen molar-refractivity contribution < 1.29 is 19.1 Å². The molecule has 0 unspecified atom stereocenters. The van der Waals surface area contributed by atoms with Gasteiger partial charge in [0.25, 0.3) is 0 Å². The lowest BCUT2D eigenvalue weighted by molar-refractivity contribution is -0.125. The molecule has 1 aliphatic heterocycles. The van der Waals surface area contributed by atoms with Crippen LogP contribution in [0.25, 0.3) is 11.3 Å². The second-order valence-corrected chi connectivity index (χ2v) is 9.40. The van der Waals surface area contributed by atoms with Gasteiger partial charge in [-0.2, -0.15) is 9.78 Å². The second kappa shape index (κ2) is 9.46. The van der Waals surface area contributed by atoms with Crippen LogP contribution in [-0.4, -0.2) is 59.6 Å². The fourth-order valence-electron chi connectivity index (χ4n) is 3.84. The van der Waals surface area contributed by atoms with Gasteiger partial charge in [0.05, 0.1) is 18.0 Å². The molecule has 3 rings (SSSR count). The van der Waals surface area contributed by atoms with E-state index in [1.807, 2.05) is 32.7 Å². The highest BCUT2D eigenvalue weighted by Gasteiger charge is 2.35. The minimum atomic E-state index is -0.867. The summed E-state index contributed by atoms with van der Waals surface area (Å²) in [4.78, 5) is 27.8. The zero-order valence-corrected chi connectivity index (χ0v) is 19.5. The number of anilines is 1. The molecule has 2 aromatic rings. The fraction of sp³-hybridized carbons (Fsp3) is 0.500. The minimum absolute atomic E-state index is 0.0848. The van der Waals surface area contributed by atoms with E-state index < -0.39 is 29.2 Å². The molecule has 0 fully saturated rings. The Balaban J connectivity index is 2.03. The molecule has 174 valence electrons. The average molecular weight is 466 g/mol. The molecule has 0 saturated heterocycles. The van der Waals surface area contributed by atoms with Gasteiger partial charge in [-0.25, -0.2) is 9.18 Å². The zero-order valence-electron chi connectivity index (χ0n) is 18.7. The summed E-state index contributed by atoms with van der Waals surface area (Å²) >= 11 is 6.09. The summed E-state index contributed by atoms with van der Waals surface area (Å²) < 4.78 is 15.9. The molecule has 0 radical (unpaired) electrons. The Labute approximate surface area is 191 Å². The lowest BCUT2D eigenvalue weighted by atomic mass is 9.86. The third kappa shape index (κ3) is 4.88. The zero-order chi connectivity index (χ0) is 23.6. The van der Waals surface area contributed by atoms with Crippen LogP contribution in [0.1, 0.15) is 32.9 Å². The molecule has 2 heterocycles. The molecule has 1 atom stereocenters. The third-order valence-electron chi connectivity index (χ3n) is 5.43. The number of aromatic nitrogens is 2. The van der Waals surface area contributed by atoms with Crippen molar-refractivity contribution in [2.24, 2.45) is 5.41 Å². The molecule has 1 aliphatic rings. The number of carbonyl (C=O) groups excluding carboxylic acids is 2. The monoisotopic (exact) mass is 465 g/mol. The van der Waals surface area contributed by atoms with E-state index in [2.05, 4.69) is 15.7 Å². The summed E-state index contributed by atoms with van der Waals surface area (Å²) in [5.74, 6) is -0.892. The van der Waals surface area contributed by atoms with Gasteiger partial charge in [-0.3, -0.25) is 4.79 Å². The number of aliphatic hydroxyl groups excluding tert-OH is 1. The molecule has 1 aromatic carbocycles. The van der Waals surface area contributed by atoms with Gasteiger partial charge in [0.2, 0.25) is 5.91 Å². The van der Waals surface area contributed by atoms with Crippen molar-refractivity contribution in [3.8, 4) is 11.3 Å². The summed E-state index contributed by atoms with van der Waals surface area (Å²) in [5.41, 5.74) is 1.26. The van der Waals surface area contributed by atoms with Gasteiger partial charge >= 0.3 is 6.03 Å². The van der Waals surface area contributed by atoms with Crippen LogP contribution in [0, 0.1) is 11.2 Å². The molecule has 0 saturated carbocycles. The molecular formula is C22H29ClFN5O3. The van der Waals surface area contributed by atoms with E-state index in [4.69, 9.17) is 16.7 Å². The number of carbonyl (C=O) groups is 2. The van der Waals surface area contributed by atoms with E-state index in [0.717, 1.165) is 13.0 Å². The number of nitrogens with zero attached hydrogens (tertiary/aromatic N) is 3. The predicted molar refractivity (Wildman–Crippen MR) is 121 cm³/mol. The maximum atomic E-state index is 14.7. The summed E-state index contributed by atoms with van der Waals surface area (Å²) in [5, 5.41) is 19.2. The number of nitrogens with one attached hydrogen (secondary N) is 2. The highest BCUT2D eigenvalue weighted by molar-refractivity contribution is 6.30. The molecule has 32 heavy (non-hydrogen) atoms. The Morgan fingerprint density at radius 2 is 2.06 bits per heavy atom. The number of hydrogen-bond donors (Lipinski definition) is 3. The van der Waals surface area contributed by atoms with Crippen molar-refractivity contribution in [1.82, 2.24) is 20.4 Å². The maximum Gasteiger partial charge on any atom is 0.343 e. The molecular weight excluding hydrogens is 437 g/mol. The Morgan fingerprint density at radius 3 is 2.72 bits per heavy atom. The summed E-state index contributed by atoms with van der Waals surface area (Å²) in [6, 6.07) is 2.77. The standard InChI is InChI=1S/C22H29ClFN5O3/c1-22(2,3)19(20(31)25-9-11-30)26-21(32)29-16-6-5-10-28(4)18(16)17(27-29)14-12-13(23)7-8-15(14)24/h7-8,12,19,30H,5-6,9-11H2,1-4H3,(H,25,31)(H,26,32)/t19-/m1/s1. The third-order valence-corrected chi connectivity index (χ3v) is 5.66. The Bertz CT molecular complexity index is 1020. The van der Waals surface area contributed by atoms with E-state index in [0.29, 0.717) is 28.5 Å². The van der Waals surface area contributed by atoms with Crippen LogP contribution in [0.3, 0.4) is 0 Å². The SMILES string of the molecule is CN1CCCc2c1c(-c1cc(Cl)ccc1F)nn2C(=O)N[C@H](C(=O)NCCO)C(C)(C)C. The smallest absolute Gasteiger partial charge is 0.343 e.